The van der Waals surface area contributed by atoms with Crippen molar-refractivity contribution in [3.63, 3.8) is 0 Å². The molecule has 0 saturated carbocycles. The number of halogens is 1. The summed E-state index contributed by atoms with van der Waals surface area (Å²) < 4.78 is 26.1. The lowest BCUT2D eigenvalue weighted by atomic mass is 10.1. The average Bonchev–Trinajstić information content (AvgIpc) is 2.18. The largest absolute Gasteiger partial charge is 0.324 e. The minimum absolute atomic E-state index is 0.151. The minimum Gasteiger partial charge on any atom is -0.324 e. The zero-order chi connectivity index (χ0) is 11.3. The summed E-state index contributed by atoms with van der Waals surface area (Å²) >= 11 is 0. The molecule has 0 heterocycles. The number of hydrogen-bond donors (Lipinski definition) is 2. The molecule has 0 bridgehead atoms. The molecular formula is C10H15FN2OS. The van der Waals surface area contributed by atoms with Gasteiger partial charge in [-0.2, -0.15) is 0 Å². The summed E-state index contributed by atoms with van der Waals surface area (Å²) in [7, 11) is -1.01. The van der Waals surface area contributed by atoms with Crippen molar-refractivity contribution in [2.45, 2.75) is 12.5 Å². The lowest BCUT2D eigenvalue weighted by Crippen LogP contribution is -2.22. The molecule has 0 fully saturated rings. The van der Waals surface area contributed by atoms with Crippen LogP contribution in [0.3, 0.4) is 0 Å². The highest BCUT2D eigenvalue weighted by atomic mass is 32.2. The predicted octanol–water partition coefficient (Wildman–Crippen LogP) is 1.10. The number of rotatable bonds is 5. The van der Waals surface area contributed by atoms with E-state index in [4.69, 9.17) is 5.73 Å². The highest BCUT2D eigenvalue weighted by Gasteiger charge is 2.05. The highest BCUT2D eigenvalue weighted by Crippen LogP contribution is 2.13. The first-order valence-electron chi connectivity index (χ1n) is 4.67. The molecule has 1 aromatic carbocycles. The first-order chi connectivity index (χ1) is 7.09. The van der Waals surface area contributed by atoms with E-state index in [0.29, 0.717) is 13.0 Å². The van der Waals surface area contributed by atoms with E-state index in [9.17, 15) is 8.60 Å². The average molecular weight is 230 g/mol. The van der Waals surface area contributed by atoms with Crippen LogP contribution < -0.4 is 10.5 Å². The second-order valence-corrected chi connectivity index (χ2v) is 4.49. The zero-order valence-electron chi connectivity index (χ0n) is 8.57. The van der Waals surface area contributed by atoms with Gasteiger partial charge in [-0.15, -0.1) is 0 Å². The zero-order valence-corrected chi connectivity index (χ0v) is 9.39. The molecule has 0 spiro atoms. The number of hydrogen-bond acceptors (Lipinski definition) is 2. The fraction of sp³-hybridized carbons (Fsp3) is 0.400. The molecule has 3 N–H and O–H groups in total. The Hall–Kier alpha value is -0.780. The maximum absolute atomic E-state index is 12.6. The van der Waals surface area contributed by atoms with Gasteiger partial charge in [0.1, 0.15) is 5.82 Å². The first kappa shape index (κ1) is 12.3. The lowest BCUT2D eigenvalue weighted by molar-refractivity contribution is 0.615. The molecule has 15 heavy (non-hydrogen) atoms. The van der Waals surface area contributed by atoms with Crippen LogP contribution >= 0.6 is 0 Å². The third kappa shape index (κ3) is 4.51. The van der Waals surface area contributed by atoms with E-state index < -0.39 is 11.0 Å². The molecule has 0 saturated heterocycles. The Balaban J connectivity index is 2.43. The maximum atomic E-state index is 12.6. The summed E-state index contributed by atoms with van der Waals surface area (Å²) in [6.45, 7) is 0.585. The Morgan fingerprint density at radius 1 is 1.47 bits per heavy atom. The van der Waals surface area contributed by atoms with Gasteiger partial charge in [-0.25, -0.2) is 13.3 Å². The fourth-order valence-electron chi connectivity index (χ4n) is 1.23. The third-order valence-electron chi connectivity index (χ3n) is 2.06. The summed E-state index contributed by atoms with van der Waals surface area (Å²) in [4.78, 5) is 0. The van der Waals surface area contributed by atoms with Gasteiger partial charge in [0.25, 0.3) is 0 Å². The number of nitrogens with one attached hydrogen (secondary N) is 1. The minimum atomic E-state index is -1.01. The van der Waals surface area contributed by atoms with Crippen molar-refractivity contribution in [3.8, 4) is 0 Å². The van der Waals surface area contributed by atoms with E-state index in [1.807, 2.05) is 0 Å². The molecular weight excluding hydrogens is 215 g/mol. The van der Waals surface area contributed by atoms with E-state index in [0.717, 1.165) is 5.56 Å². The molecule has 5 heteroatoms. The Labute approximate surface area is 91.5 Å². The van der Waals surface area contributed by atoms with Crippen LogP contribution in [0.5, 0.6) is 0 Å². The standard InChI is InChI=1S/C10H15FN2OS/c1-15(14)13-7-6-10(12)8-2-4-9(11)5-3-8/h2-5,10,13H,6-7,12H2,1H3. The van der Waals surface area contributed by atoms with Crippen LogP contribution in [0.2, 0.25) is 0 Å². The molecule has 0 aliphatic heterocycles. The molecule has 0 radical (unpaired) electrons. The molecule has 2 atom stereocenters. The van der Waals surface area contributed by atoms with Crippen LogP contribution in [0, 0.1) is 5.82 Å². The Morgan fingerprint density at radius 2 is 2.07 bits per heavy atom. The maximum Gasteiger partial charge on any atom is 0.123 e. The monoisotopic (exact) mass is 230 g/mol. The van der Waals surface area contributed by atoms with Crippen LogP contribution in [-0.2, 0) is 11.0 Å². The van der Waals surface area contributed by atoms with Crippen molar-refractivity contribution in [2.24, 2.45) is 5.73 Å². The summed E-state index contributed by atoms with van der Waals surface area (Å²) in [5, 5.41) is 0. The summed E-state index contributed by atoms with van der Waals surface area (Å²) in [6, 6.07) is 5.97. The Morgan fingerprint density at radius 3 is 2.60 bits per heavy atom. The molecule has 1 rings (SSSR count). The van der Waals surface area contributed by atoms with Crippen LogP contribution in [0.1, 0.15) is 18.0 Å². The second kappa shape index (κ2) is 5.95. The van der Waals surface area contributed by atoms with E-state index in [2.05, 4.69) is 4.72 Å². The summed E-state index contributed by atoms with van der Waals surface area (Å²) in [6.07, 6.45) is 2.24. The molecule has 2 unspecified atom stereocenters. The van der Waals surface area contributed by atoms with Crippen molar-refractivity contribution in [3.05, 3.63) is 35.6 Å². The molecule has 84 valence electrons. The molecule has 0 amide bonds. The Kier molecular flexibility index (Phi) is 4.87. The van der Waals surface area contributed by atoms with Gasteiger partial charge in [0, 0.05) is 18.8 Å². The summed E-state index contributed by atoms with van der Waals surface area (Å²) in [5.41, 5.74) is 6.76. The number of benzene rings is 1. The van der Waals surface area contributed by atoms with Gasteiger partial charge in [-0.05, 0) is 24.1 Å². The normalized spacial score (nSPS) is 14.9. The smallest absolute Gasteiger partial charge is 0.123 e. The van der Waals surface area contributed by atoms with E-state index >= 15 is 0 Å². The van der Waals surface area contributed by atoms with Gasteiger partial charge in [-0.1, -0.05) is 12.1 Å². The molecule has 3 nitrogen and oxygen atoms in total. The van der Waals surface area contributed by atoms with Gasteiger partial charge in [0.05, 0.1) is 11.0 Å². The molecule has 0 aromatic heterocycles. The van der Waals surface area contributed by atoms with E-state index in [1.165, 1.54) is 12.1 Å². The van der Waals surface area contributed by atoms with Crippen molar-refractivity contribution in [1.29, 1.82) is 0 Å². The van der Waals surface area contributed by atoms with Crippen LogP contribution in [0.25, 0.3) is 0 Å². The third-order valence-corrected chi connectivity index (χ3v) is 2.67. The van der Waals surface area contributed by atoms with Gasteiger partial charge in [0.2, 0.25) is 0 Å². The van der Waals surface area contributed by atoms with E-state index in [1.54, 1.807) is 18.4 Å². The first-order valence-corrected chi connectivity index (χ1v) is 6.23. The summed E-state index contributed by atoms with van der Waals surface area (Å²) in [5.74, 6) is -0.265. The molecule has 0 aliphatic carbocycles. The topological polar surface area (TPSA) is 55.1 Å². The highest BCUT2D eigenvalue weighted by molar-refractivity contribution is 7.82. The van der Waals surface area contributed by atoms with Gasteiger partial charge in [-0.3, -0.25) is 0 Å². The fourth-order valence-corrected chi connectivity index (χ4v) is 1.64. The quantitative estimate of drug-likeness (QED) is 0.796. The number of nitrogens with two attached hydrogens (primary N) is 1. The van der Waals surface area contributed by atoms with Crippen LogP contribution in [-0.4, -0.2) is 17.0 Å². The van der Waals surface area contributed by atoms with Crippen molar-refractivity contribution in [1.82, 2.24) is 4.72 Å². The Bertz CT molecular complexity index is 329. The van der Waals surface area contributed by atoms with Gasteiger partial charge in [0.15, 0.2) is 0 Å². The van der Waals surface area contributed by atoms with Crippen molar-refractivity contribution >= 4 is 11.0 Å². The van der Waals surface area contributed by atoms with Crippen LogP contribution in [0.4, 0.5) is 4.39 Å². The van der Waals surface area contributed by atoms with Crippen LogP contribution in [0.15, 0.2) is 24.3 Å². The molecule has 1 aromatic rings. The second-order valence-electron chi connectivity index (χ2n) is 3.30. The SMILES string of the molecule is CS(=O)NCCC(N)c1ccc(F)cc1. The lowest BCUT2D eigenvalue weighted by Gasteiger charge is -2.11. The van der Waals surface area contributed by atoms with Crippen molar-refractivity contribution < 1.29 is 8.60 Å². The predicted molar refractivity (Wildman–Crippen MR) is 60.0 cm³/mol. The van der Waals surface area contributed by atoms with Gasteiger partial charge < -0.3 is 5.73 Å². The molecule has 0 aliphatic rings. The van der Waals surface area contributed by atoms with Gasteiger partial charge >= 0.3 is 0 Å². The van der Waals surface area contributed by atoms with E-state index in [-0.39, 0.29) is 11.9 Å². The van der Waals surface area contributed by atoms with Crippen molar-refractivity contribution in [2.75, 3.05) is 12.8 Å².